The molecule has 8 nitrogen and oxygen atoms in total. The molecule has 27 heavy (non-hydrogen) atoms. The van der Waals surface area contributed by atoms with Crippen molar-refractivity contribution in [2.75, 3.05) is 44.5 Å². The molecule has 2 aliphatic rings. The first-order valence-corrected chi connectivity index (χ1v) is 9.32. The molecule has 1 spiro atoms. The number of aliphatic hydroxyl groups is 1. The van der Waals surface area contributed by atoms with Crippen molar-refractivity contribution in [1.82, 2.24) is 9.97 Å². The summed E-state index contributed by atoms with van der Waals surface area (Å²) in [6, 6.07) is 3.61. The highest BCUT2D eigenvalue weighted by molar-refractivity contribution is 5.91. The normalized spacial score (nSPS) is 22.2. The van der Waals surface area contributed by atoms with Crippen LogP contribution in [0.25, 0.3) is 10.9 Å². The van der Waals surface area contributed by atoms with Gasteiger partial charge in [-0.3, -0.25) is 0 Å². The first kappa shape index (κ1) is 18.1. The number of hydrogen-bond acceptors (Lipinski definition) is 8. The van der Waals surface area contributed by atoms with Crippen molar-refractivity contribution in [3.05, 3.63) is 12.1 Å². The molecular weight excluding hydrogens is 348 g/mol. The van der Waals surface area contributed by atoms with Gasteiger partial charge in [0.15, 0.2) is 11.5 Å². The Hall–Kier alpha value is -2.32. The second-order valence-corrected chi connectivity index (χ2v) is 7.19. The Labute approximate surface area is 158 Å². The van der Waals surface area contributed by atoms with Gasteiger partial charge in [-0.15, -0.1) is 0 Å². The summed E-state index contributed by atoms with van der Waals surface area (Å²) in [6.07, 6.45) is 2.83. The number of hydrogen-bond donors (Lipinski definition) is 2. The molecule has 2 aliphatic heterocycles. The molecule has 146 valence electrons. The molecule has 3 N–H and O–H groups in total. The molecule has 4 rings (SSSR count). The number of fused-ring (bicyclic) bond motifs is 1. The van der Waals surface area contributed by atoms with E-state index in [1.165, 1.54) is 0 Å². The highest BCUT2D eigenvalue weighted by Gasteiger charge is 2.44. The van der Waals surface area contributed by atoms with E-state index < -0.39 is 11.7 Å². The van der Waals surface area contributed by atoms with Crippen LogP contribution >= 0.6 is 0 Å². The van der Waals surface area contributed by atoms with Crippen molar-refractivity contribution >= 4 is 22.7 Å². The second kappa shape index (κ2) is 7.01. The fourth-order valence-electron chi connectivity index (χ4n) is 4.08. The van der Waals surface area contributed by atoms with Crippen molar-refractivity contribution in [2.24, 2.45) is 0 Å². The van der Waals surface area contributed by atoms with Crippen molar-refractivity contribution in [3.8, 4) is 11.5 Å². The minimum absolute atomic E-state index is 0.396. The van der Waals surface area contributed by atoms with Gasteiger partial charge in [-0.05, 0) is 31.7 Å². The third kappa shape index (κ3) is 3.12. The number of methoxy groups -OCH3 is 2. The number of nitrogens with two attached hydrogens (primary N) is 1. The van der Waals surface area contributed by atoms with E-state index in [4.69, 9.17) is 24.9 Å². The van der Waals surface area contributed by atoms with Gasteiger partial charge in [0.2, 0.25) is 5.95 Å². The molecule has 2 fully saturated rings. The average molecular weight is 374 g/mol. The quantitative estimate of drug-likeness (QED) is 0.837. The molecule has 0 amide bonds. The number of nitrogens with zero attached hydrogens (tertiary/aromatic N) is 3. The van der Waals surface area contributed by atoms with Crippen LogP contribution in [-0.4, -0.2) is 60.7 Å². The number of nitrogen functional groups attached to an aromatic ring is 1. The summed E-state index contributed by atoms with van der Waals surface area (Å²) < 4.78 is 16.7. The van der Waals surface area contributed by atoms with Crippen LogP contribution in [0.5, 0.6) is 11.5 Å². The molecule has 0 saturated carbocycles. The number of benzene rings is 1. The standard InChI is InChI=1S/C19H26N4O4/c1-25-14-10-12-13(11-15(14)26-2)21-18(22-17(12)20)23-7-5-19(6-8-23)16(24)4-3-9-27-19/h10-11,16,24H,3-9H2,1-2H3,(H2,20,21,22)/t16-/m1/s1. The highest BCUT2D eigenvalue weighted by Crippen LogP contribution is 2.37. The Morgan fingerprint density at radius 2 is 1.89 bits per heavy atom. The van der Waals surface area contributed by atoms with Crippen molar-refractivity contribution in [2.45, 2.75) is 37.4 Å². The average Bonchev–Trinajstić information content (AvgIpc) is 2.70. The van der Waals surface area contributed by atoms with Gasteiger partial charge < -0.3 is 30.0 Å². The first-order chi connectivity index (χ1) is 13.1. The Kier molecular flexibility index (Phi) is 4.69. The minimum atomic E-state index is -0.423. The lowest BCUT2D eigenvalue weighted by atomic mass is 9.82. The van der Waals surface area contributed by atoms with Crippen LogP contribution in [-0.2, 0) is 4.74 Å². The molecule has 1 aromatic heterocycles. The topological polar surface area (TPSA) is 103 Å². The number of rotatable bonds is 3. The van der Waals surface area contributed by atoms with Crippen LogP contribution < -0.4 is 20.1 Å². The summed E-state index contributed by atoms with van der Waals surface area (Å²) in [6.45, 7) is 2.16. The number of aromatic nitrogens is 2. The highest BCUT2D eigenvalue weighted by atomic mass is 16.5. The van der Waals surface area contributed by atoms with E-state index in [0.29, 0.717) is 28.8 Å². The molecule has 3 heterocycles. The van der Waals surface area contributed by atoms with Gasteiger partial charge >= 0.3 is 0 Å². The molecular formula is C19H26N4O4. The lowest BCUT2D eigenvalue weighted by Gasteiger charge is -2.46. The SMILES string of the molecule is COc1cc2nc(N3CCC4(CC3)OCCC[C@H]4O)nc(N)c2cc1OC. The molecule has 2 aromatic rings. The van der Waals surface area contributed by atoms with E-state index >= 15 is 0 Å². The summed E-state index contributed by atoms with van der Waals surface area (Å²) in [7, 11) is 3.18. The zero-order valence-corrected chi connectivity index (χ0v) is 15.8. The lowest BCUT2D eigenvalue weighted by Crippen LogP contribution is -2.55. The van der Waals surface area contributed by atoms with Gasteiger partial charge in [0, 0.05) is 31.1 Å². The van der Waals surface area contributed by atoms with Gasteiger partial charge in [-0.2, -0.15) is 4.98 Å². The third-order valence-electron chi connectivity index (χ3n) is 5.73. The van der Waals surface area contributed by atoms with E-state index in [-0.39, 0.29) is 0 Å². The Morgan fingerprint density at radius 1 is 1.19 bits per heavy atom. The molecule has 0 bridgehead atoms. The molecule has 1 aromatic carbocycles. The fourth-order valence-corrected chi connectivity index (χ4v) is 4.08. The Bertz CT molecular complexity index is 836. The van der Waals surface area contributed by atoms with Gasteiger partial charge in [-0.1, -0.05) is 0 Å². The number of ether oxygens (including phenoxy) is 3. The predicted molar refractivity (Wildman–Crippen MR) is 102 cm³/mol. The van der Waals surface area contributed by atoms with Crippen LogP contribution in [0, 0.1) is 0 Å². The smallest absolute Gasteiger partial charge is 0.227 e. The van der Waals surface area contributed by atoms with Crippen LogP contribution in [0.4, 0.5) is 11.8 Å². The van der Waals surface area contributed by atoms with E-state index in [9.17, 15) is 5.11 Å². The molecule has 0 aliphatic carbocycles. The molecule has 8 heteroatoms. The minimum Gasteiger partial charge on any atom is -0.493 e. The maximum atomic E-state index is 10.4. The molecule has 2 saturated heterocycles. The monoisotopic (exact) mass is 374 g/mol. The van der Waals surface area contributed by atoms with Crippen molar-refractivity contribution < 1.29 is 19.3 Å². The number of aliphatic hydroxyl groups excluding tert-OH is 1. The summed E-state index contributed by atoms with van der Waals surface area (Å²) in [4.78, 5) is 11.3. The van der Waals surface area contributed by atoms with Gasteiger partial charge in [0.1, 0.15) is 5.82 Å². The molecule has 0 unspecified atom stereocenters. The summed E-state index contributed by atoms with van der Waals surface area (Å²) >= 11 is 0. The molecule has 0 radical (unpaired) electrons. The maximum Gasteiger partial charge on any atom is 0.227 e. The Morgan fingerprint density at radius 3 is 2.56 bits per heavy atom. The fraction of sp³-hybridized carbons (Fsp3) is 0.579. The zero-order valence-electron chi connectivity index (χ0n) is 15.8. The van der Waals surface area contributed by atoms with E-state index in [1.807, 2.05) is 6.07 Å². The van der Waals surface area contributed by atoms with Gasteiger partial charge in [0.05, 0.1) is 31.4 Å². The first-order valence-electron chi connectivity index (χ1n) is 9.32. The van der Waals surface area contributed by atoms with Crippen molar-refractivity contribution in [1.29, 1.82) is 0 Å². The molecule has 1 atom stereocenters. The second-order valence-electron chi connectivity index (χ2n) is 7.19. The van der Waals surface area contributed by atoms with E-state index in [0.717, 1.165) is 50.8 Å². The predicted octanol–water partition coefficient (Wildman–Crippen LogP) is 1.74. The zero-order chi connectivity index (χ0) is 19.0. The van der Waals surface area contributed by atoms with Gasteiger partial charge in [-0.25, -0.2) is 4.98 Å². The van der Waals surface area contributed by atoms with Crippen molar-refractivity contribution in [3.63, 3.8) is 0 Å². The largest absolute Gasteiger partial charge is 0.493 e. The van der Waals surface area contributed by atoms with Crippen LogP contribution in [0.15, 0.2) is 12.1 Å². The van der Waals surface area contributed by atoms with Gasteiger partial charge in [0.25, 0.3) is 0 Å². The Balaban J connectivity index is 1.61. The summed E-state index contributed by atoms with van der Waals surface area (Å²) in [5.74, 6) is 2.19. The van der Waals surface area contributed by atoms with Crippen LogP contribution in [0.3, 0.4) is 0 Å². The third-order valence-corrected chi connectivity index (χ3v) is 5.73. The summed E-state index contributed by atoms with van der Waals surface area (Å²) in [5.41, 5.74) is 6.49. The maximum absolute atomic E-state index is 10.4. The van der Waals surface area contributed by atoms with Crippen LogP contribution in [0.1, 0.15) is 25.7 Å². The van der Waals surface area contributed by atoms with E-state index in [1.54, 1.807) is 20.3 Å². The number of anilines is 2. The van der Waals surface area contributed by atoms with Crippen LogP contribution in [0.2, 0.25) is 0 Å². The summed E-state index contributed by atoms with van der Waals surface area (Å²) in [5, 5.41) is 11.1. The number of piperidine rings is 1. The van der Waals surface area contributed by atoms with E-state index in [2.05, 4.69) is 9.88 Å². The lowest BCUT2D eigenvalue weighted by molar-refractivity contribution is -0.164.